The predicted octanol–water partition coefficient (Wildman–Crippen LogP) is 2.76. The zero-order valence-corrected chi connectivity index (χ0v) is 15.1. The molecule has 0 atom stereocenters. The molecule has 3 heterocycles. The number of nitrogens with two attached hydrogens (primary N) is 1. The maximum Gasteiger partial charge on any atom is 0.268 e. The van der Waals surface area contributed by atoms with Crippen molar-refractivity contribution in [3.8, 4) is 22.4 Å². The second-order valence-corrected chi connectivity index (χ2v) is 7.02. The smallest absolute Gasteiger partial charge is 0.268 e. The Morgan fingerprint density at radius 3 is 3.04 bits per heavy atom. The Bertz CT molecular complexity index is 987. The van der Waals surface area contributed by atoms with Crippen LogP contribution in [0.5, 0.6) is 0 Å². The van der Waals surface area contributed by atoms with Crippen LogP contribution in [0.2, 0.25) is 0 Å². The van der Waals surface area contributed by atoms with E-state index in [1.54, 1.807) is 4.68 Å². The normalized spacial score (nSPS) is 13.3. The van der Waals surface area contributed by atoms with Crippen LogP contribution in [0.25, 0.3) is 10.6 Å². The van der Waals surface area contributed by atoms with Crippen LogP contribution in [0.4, 0.5) is 10.8 Å². The number of nitrogens with one attached hydrogen (secondary N) is 1. The second kappa shape index (κ2) is 6.69. The molecule has 0 saturated heterocycles. The molecule has 0 bridgehead atoms. The van der Waals surface area contributed by atoms with Crippen LogP contribution >= 0.6 is 11.3 Å². The van der Waals surface area contributed by atoms with Gasteiger partial charge in [-0.1, -0.05) is 17.3 Å². The molecule has 0 radical (unpaired) electrons. The number of H-pyrrole nitrogens is 1. The minimum Gasteiger partial charge on any atom is -0.364 e. The number of hydrogen-bond donors (Lipinski definition) is 2. The standard InChI is InChI=1S/C18H18N6OS/c1-2-3-9-23-11-13(10-21-23)24(12-6-7-12)18-22-15(17(19)25)16(26-18)14-5-4-8-20-14/h4-5,8,10-12,20H,6-7,9H2,1H3,(H2,19,25). The van der Waals surface area contributed by atoms with Crippen LogP contribution in [-0.4, -0.2) is 31.7 Å². The molecule has 0 spiro atoms. The molecule has 3 aromatic heterocycles. The van der Waals surface area contributed by atoms with Gasteiger partial charge in [-0.15, -0.1) is 5.92 Å². The van der Waals surface area contributed by atoms with Crippen LogP contribution in [0.15, 0.2) is 30.7 Å². The van der Waals surface area contributed by atoms with E-state index in [0.717, 1.165) is 34.2 Å². The Hall–Kier alpha value is -3.05. The van der Waals surface area contributed by atoms with Crippen LogP contribution in [0.3, 0.4) is 0 Å². The van der Waals surface area contributed by atoms with Gasteiger partial charge in [0.05, 0.1) is 22.5 Å². The summed E-state index contributed by atoms with van der Waals surface area (Å²) >= 11 is 1.46. The molecule has 1 fully saturated rings. The Labute approximate surface area is 154 Å². The van der Waals surface area contributed by atoms with E-state index in [9.17, 15) is 4.79 Å². The summed E-state index contributed by atoms with van der Waals surface area (Å²) in [4.78, 5) is 22.5. The summed E-state index contributed by atoms with van der Waals surface area (Å²) in [6.07, 6.45) is 7.77. The van der Waals surface area contributed by atoms with Gasteiger partial charge in [-0.25, -0.2) is 4.98 Å². The third-order valence-corrected chi connectivity index (χ3v) is 5.21. The van der Waals surface area contributed by atoms with Crippen molar-refractivity contribution in [3.63, 3.8) is 0 Å². The molecule has 1 aliphatic rings. The van der Waals surface area contributed by atoms with Crippen LogP contribution < -0.4 is 10.6 Å². The molecule has 1 amide bonds. The summed E-state index contributed by atoms with van der Waals surface area (Å²) in [7, 11) is 0. The lowest BCUT2D eigenvalue weighted by molar-refractivity contribution is 0.0997. The maximum atomic E-state index is 11.9. The number of carbonyl (C=O) groups excluding carboxylic acids is 1. The molecule has 8 heteroatoms. The molecule has 0 aromatic carbocycles. The molecule has 26 heavy (non-hydrogen) atoms. The van der Waals surface area contributed by atoms with E-state index >= 15 is 0 Å². The lowest BCUT2D eigenvalue weighted by Gasteiger charge is -2.19. The Morgan fingerprint density at radius 2 is 2.38 bits per heavy atom. The molecule has 3 aromatic rings. The van der Waals surface area contributed by atoms with Crippen molar-refractivity contribution in [2.45, 2.75) is 32.4 Å². The fourth-order valence-corrected chi connectivity index (χ4v) is 3.92. The zero-order valence-electron chi connectivity index (χ0n) is 14.3. The molecule has 0 aliphatic heterocycles. The van der Waals surface area contributed by atoms with E-state index in [1.807, 2.05) is 37.6 Å². The fourth-order valence-electron chi connectivity index (χ4n) is 2.77. The highest BCUT2D eigenvalue weighted by Gasteiger charge is 2.34. The molecular formula is C18H18N6OS. The lowest BCUT2D eigenvalue weighted by atomic mass is 10.3. The number of thiazole rings is 1. The maximum absolute atomic E-state index is 11.9. The van der Waals surface area contributed by atoms with Crippen LogP contribution in [0, 0.1) is 11.8 Å². The first kappa shape index (κ1) is 16.4. The topological polar surface area (TPSA) is 92.8 Å². The fraction of sp³-hybridized carbons (Fsp3) is 0.278. The van der Waals surface area contributed by atoms with Crippen molar-refractivity contribution in [3.05, 3.63) is 36.4 Å². The van der Waals surface area contributed by atoms with E-state index < -0.39 is 5.91 Å². The number of anilines is 2. The van der Waals surface area contributed by atoms with Gasteiger partial charge in [0.1, 0.15) is 6.54 Å². The minimum atomic E-state index is -0.526. The number of nitrogens with zero attached hydrogens (tertiary/aromatic N) is 4. The number of aromatic nitrogens is 4. The molecule has 4 rings (SSSR count). The van der Waals surface area contributed by atoms with E-state index in [2.05, 4.69) is 31.8 Å². The van der Waals surface area contributed by atoms with Crippen molar-refractivity contribution in [1.82, 2.24) is 19.7 Å². The summed E-state index contributed by atoms with van der Waals surface area (Å²) in [5.74, 6) is 5.35. The first-order valence-corrected chi connectivity index (χ1v) is 9.14. The minimum absolute atomic E-state index is 0.294. The molecule has 1 aliphatic carbocycles. The highest BCUT2D eigenvalue weighted by atomic mass is 32.1. The first-order chi connectivity index (χ1) is 12.7. The zero-order chi connectivity index (χ0) is 18.1. The number of primary amides is 1. The van der Waals surface area contributed by atoms with E-state index in [0.29, 0.717) is 18.3 Å². The molecular weight excluding hydrogens is 348 g/mol. The van der Waals surface area contributed by atoms with Gasteiger partial charge in [0, 0.05) is 18.4 Å². The monoisotopic (exact) mass is 366 g/mol. The third-order valence-electron chi connectivity index (χ3n) is 4.13. The van der Waals surface area contributed by atoms with Crippen LogP contribution in [-0.2, 0) is 6.54 Å². The van der Waals surface area contributed by atoms with E-state index in [-0.39, 0.29) is 0 Å². The quantitative estimate of drug-likeness (QED) is 0.656. The molecule has 3 N–H and O–H groups in total. The van der Waals surface area contributed by atoms with Gasteiger partial charge in [0.25, 0.3) is 5.91 Å². The second-order valence-electron chi connectivity index (χ2n) is 6.05. The molecule has 1 saturated carbocycles. The van der Waals surface area contributed by atoms with Gasteiger partial charge in [-0.05, 0) is 31.9 Å². The average molecular weight is 366 g/mol. The summed E-state index contributed by atoms with van der Waals surface area (Å²) in [5.41, 5.74) is 7.65. The van der Waals surface area contributed by atoms with Gasteiger partial charge in [0.2, 0.25) is 0 Å². The summed E-state index contributed by atoms with van der Waals surface area (Å²) in [5, 5.41) is 5.13. The number of aromatic amines is 1. The molecule has 7 nitrogen and oxygen atoms in total. The van der Waals surface area contributed by atoms with Crippen molar-refractivity contribution in [2.24, 2.45) is 5.73 Å². The highest BCUT2D eigenvalue weighted by Crippen LogP contribution is 2.42. The summed E-state index contributed by atoms with van der Waals surface area (Å²) < 4.78 is 1.80. The number of hydrogen-bond acceptors (Lipinski definition) is 5. The summed E-state index contributed by atoms with van der Waals surface area (Å²) in [6, 6.07) is 4.16. The van der Waals surface area contributed by atoms with Crippen LogP contribution in [0.1, 0.15) is 30.3 Å². The van der Waals surface area contributed by atoms with Crippen molar-refractivity contribution in [1.29, 1.82) is 0 Å². The van der Waals surface area contributed by atoms with Gasteiger partial charge >= 0.3 is 0 Å². The van der Waals surface area contributed by atoms with Crippen molar-refractivity contribution < 1.29 is 4.79 Å². The first-order valence-electron chi connectivity index (χ1n) is 8.33. The third kappa shape index (κ3) is 3.09. The van der Waals surface area contributed by atoms with Crippen molar-refractivity contribution in [2.75, 3.05) is 4.90 Å². The SMILES string of the molecule is CC#CCn1cc(N(c2nc(C(N)=O)c(-c3ccc[nH]3)s2)C2CC2)cn1. The molecule has 132 valence electrons. The predicted molar refractivity (Wildman–Crippen MR) is 101 cm³/mol. The number of rotatable bonds is 6. The number of carbonyl (C=O) groups is 1. The van der Waals surface area contributed by atoms with Crippen molar-refractivity contribution >= 4 is 28.1 Å². The largest absolute Gasteiger partial charge is 0.364 e. The average Bonchev–Trinajstić information content (AvgIpc) is 3.07. The van der Waals surface area contributed by atoms with Gasteiger partial charge in [-0.2, -0.15) is 5.10 Å². The number of amides is 1. The lowest BCUT2D eigenvalue weighted by Crippen LogP contribution is -2.19. The van der Waals surface area contributed by atoms with Gasteiger partial charge < -0.3 is 15.6 Å². The molecule has 0 unspecified atom stereocenters. The van der Waals surface area contributed by atoms with Gasteiger partial charge in [0.15, 0.2) is 10.8 Å². The van der Waals surface area contributed by atoms with E-state index in [1.165, 1.54) is 11.3 Å². The highest BCUT2D eigenvalue weighted by molar-refractivity contribution is 7.19. The Morgan fingerprint density at radius 1 is 1.54 bits per heavy atom. The van der Waals surface area contributed by atoms with Gasteiger partial charge in [-0.3, -0.25) is 9.48 Å². The van der Waals surface area contributed by atoms with E-state index in [4.69, 9.17) is 5.73 Å². The summed E-state index contributed by atoms with van der Waals surface area (Å²) in [6.45, 7) is 2.36. The Balaban J connectivity index is 1.73. The Kier molecular flexibility index (Phi) is 4.22.